The largest absolute Gasteiger partial charge is 0.345 e. The van der Waals surface area contributed by atoms with E-state index in [0.29, 0.717) is 19.8 Å². The molecule has 2 N–H and O–H groups in total. The second-order valence-electron chi connectivity index (χ2n) is 3.66. The first-order valence-corrected chi connectivity index (χ1v) is 7.38. The van der Waals surface area contributed by atoms with Crippen molar-refractivity contribution in [3.05, 3.63) is 31.7 Å². The molecule has 0 saturated heterocycles. The van der Waals surface area contributed by atoms with Crippen LogP contribution in [0.1, 0.15) is 23.1 Å². The predicted octanol–water partition coefficient (Wildman–Crippen LogP) is 2.73. The van der Waals surface area contributed by atoms with Crippen LogP contribution in [0.25, 0.3) is 0 Å². The Morgan fingerprint density at radius 2 is 2.32 bits per heavy atom. The van der Waals surface area contributed by atoms with Crippen LogP contribution in [0.3, 0.4) is 0 Å². The van der Waals surface area contributed by atoms with E-state index in [1.807, 2.05) is 6.92 Å². The maximum absolute atomic E-state index is 11.9. The molecule has 0 aliphatic carbocycles. The summed E-state index contributed by atoms with van der Waals surface area (Å²) in [6.07, 6.45) is 1.73. The van der Waals surface area contributed by atoms with Crippen molar-refractivity contribution in [2.24, 2.45) is 0 Å². The molecule has 2 aromatic heterocycles. The van der Waals surface area contributed by atoms with Gasteiger partial charge in [0.2, 0.25) is 0 Å². The average molecular weight is 411 g/mol. The van der Waals surface area contributed by atoms with E-state index in [0.717, 1.165) is 6.54 Å². The Bertz CT molecular complexity index is 609. The minimum Gasteiger partial charge on any atom is -0.345 e. The summed E-state index contributed by atoms with van der Waals surface area (Å²) < 4.78 is 2.91. The average Bonchev–Trinajstić information content (AvgIpc) is 2.91. The van der Waals surface area contributed by atoms with Crippen molar-refractivity contribution >= 4 is 49.4 Å². The summed E-state index contributed by atoms with van der Waals surface area (Å²) in [4.78, 5) is 11.9. The lowest BCUT2D eigenvalue weighted by molar-refractivity contribution is 0.0944. The number of H-pyrrole nitrogens is 1. The van der Waals surface area contributed by atoms with Crippen molar-refractivity contribution in [1.29, 1.82) is 0 Å². The fraction of sp³-hybridized carbons (Fsp3) is 0.300. The Labute approximate surface area is 131 Å². The van der Waals surface area contributed by atoms with Crippen LogP contribution in [0, 0.1) is 0 Å². The number of nitrogens with one attached hydrogen (secondary N) is 2. The molecule has 19 heavy (non-hydrogen) atoms. The quantitative estimate of drug-likeness (QED) is 0.812. The summed E-state index contributed by atoms with van der Waals surface area (Å²) in [7, 11) is 0. The third-order valence-corrected chi connectivity index (χ3v) is 4.60. The number of halogens is 3. The number of rotatable bonds is 4. The Balaban J connectivity index is 2.04. The molecule has 9 heteroatoms. The third kappa shape index (κ3) is 3.18. The fourth-order valence-corrected chi connectivity index (χ4v) is 2.28. The normalized spacial score (nSPS) is 10.7. The number of hydrogen-bond acceptors (Lipinski definition) is 3. The highest BCUT2D eigenvalue weighted by Crippen LogP contribution is 2.23. The fourth-order valence-electron chi connectivity index (χ4n) is 1.42. The van der Waals surface area contributed by atoms with Gasteiger partial charge >= 0.3 is 0 Å². The van der Waals surface area contributed by atoms with Gasteiger partial charge < -0.3 is 5.32 Å². The van der Waals surface area contributed by atoms with Crippen molar-refractivity contribution in [2.75, 3.05) is 0 Å². The molecule has 2 aromatic rings. The van der Waals surface area contributed by atoms with Crippen LogP contribution in [0.5, 0.6) is 0 Å². The van der Waals surface area contributed by atoms with Crippen LogP contribution in [0.4, 0.5) is 0 Å². The van der Waals surface area contributed by atoms with E-state index < -0.39 is 0 Å². The van der Waals surface area contributed by atoms with Gasteiger partial charge in [0.15, 0.2) is 5.69 Å². The Morgan fingerprint density at radius 1 is 1.58 bits per heavy atom. The van der Waals surface area contributed by atoms with Gasteiger partial charge in [-0.3, -0.25) is 14.6 Å². The molecule has 6 nitrogen and oxygen atoms in total. The first kappa shape index (κ1) is 14.5. The summed E-state index contributed by atoms with van der Waals surface area (Å²) in [5.74, 6) is -0.309. The predicted molar refractivity (Wildman–Crippen MR) is 78.1 cm³/mol. The Kier molecular flexibility index (Phi) is 4.64. The van der Waals surface area contributed by atoms with Gasteiger partial charge in [0.1, 0.15) is 10.3 Å². The van der Waals surface area contributed by atoms with Crippen LogP contribution in [0.15, 0.2) is 15.3 Å². The zero-order valence-corrected chi connectivity index (χ0v) is 13.8. The molecule has 0 spiro atoms. The minimum absolute atomic E-state index is 0.252. The molecular weight excluding hydrogens is 401 g/mol. The Hall–Kier alpha value is -0.860. The number of hydrogen-bond donors (Lipinski definition) is 2. The number of aromatic nitrogens is 4. The van der Waals surface area contributed by atoms with Gasteiger partial charge in [0, 0.05) is 12.7 Å². The first-order chi connectivity index (χ1) is 9.02. The Morgan fingerprint density at radius 3 is 2.84 bits per heavy atom. The van der Waals surface area contributed by atoms with Crippen LogP contribution < -0.4 is 5.32 Å². The molecule has 2 heterocycles. The van der Waals surface area contributed by atoms with Gasteiger partial charge in [-0.2, -0.15) is 10.2 Å². The van der Waals surface area contributed by atoms with Crippen LogP contribution in [0.2, 0.25) is 5.02 Å². The van der Waals surface area contributed by atoms with Gasteiger partial charge in [-0.05, 0) is 38.8 Å². The molecule has 102 valence electrons. The first-order valence-electron chi connectivity index (χ1n) is 5.42. The topological polar surface area (TPSA) is 75.6 Å². The lowest BCUT2D eigenvalue weighted by Crippen LogP contribution is -2.24. The second-order valence-corrected chi connectivity index (χ2v) is 5.66. The van der Waals surface area contributed by atoms with E-state index >= 15 is 0 Å². The molecule has 1 amide bonds. The number of carbonyl (C=O) groups is 1. The van der Waals surface area contributed by atoms with Crippen LogP contribution >= 0.6 is 43.5 Å². The maximum atomic E-state index is 11.9. The highest BCUT2D eigenvalue weighted by molar-refractivity contribution is 9.13. The number of nitrogens with zero attached hydrogens (tertiary/aromatic N) is 3. The van der Waals surface area contributed by atoms with Crippen LogP contribution in [-0.2, 0) is 13.1 Å². The lowest BCUT2D eigenvalue weighted by atomic mass is 10.3. The third-order valence-electron chi connectivity index (χ3n) is 2.41. The summed E-state index contributed by atoms with van der Waals surface area (Å²) in [5, 5.41) is 14.0. The van der Waals surface area contributed by atoms with E-state index in [-0.39, 0.29) is 18.1 Å². The molecule has 0 radical (unpaired) electrons. The van der Waals surface area contributed by atoms with Gasteiger partial charge in [-0.1, -0.05) is 11.6 Å². The summed E-state index contributed by atoms with van der Waals surface area (Å²) >= 11 is 12.5. The molecule has 0 bridgehead atoms. The zero-order chi connectivity index (χ0) is 14.0. The molecular formula is C10H10Br2ClN5O. The number of amides is 1. The number of aryl methyl sites for hydroxylation is 1. The molecule has 0 atom stereocenters. The summed E-state index contributed by atoms with van der Waals surface area (Å²) in [6, 6.07) is 0. The van der Waals surface area contributed by atoms with Gasteiger partial charge in [0.05, 0.1) is 16.0 Å². The second kappa shape index (κ2) is 6.06. The SMILES string of the molecule is CCn1cc(Cl)c(CNC(=O)c2n[nH]c(Br)c2Br)n1. The molecule has 0 saturated carbocycles. The molecule has 0 aliphatic rings. The van der Waals surface area contributed by atoms with Gasteiger partial charge in [-0.25, -0.2) is 0 Å². The van der Waals surface area contributed by atoms with Crippen molar-refractivity contribution in [3.8, 4) is 0 Å². The van der Waals surface area contributed by atoms with E-state index in [1.54, 1.807) is 10.9 Å². The standard InChI is InChI=1S/C10H10Br2ClN5O/c1-2-18-4-5(13)6(17-18)3-14-10(19)8-7(11)9(12)16-15-8/h4H,2-3H2,1H3,(H,14,19)(H,15,16). The highest BCUT2D eigenvalue weighted by Gasteiger charge is 2.17. The minimum atomic E-state index is -0.309. The lowest BCUT2D eigenvalue weighted by Gasteiger charge is -2.01. The number of aromatic amines is 1. The number of carbonyl (C=O) groups excluding carboxylic acids is 1. The van der Waals surface area contributed by atoms with E-state index in [9.17, 15) is 4.79 Å². The zero-order valence-electron chi connectivity index (χ0n) is 9.88. The van der Waals surface area contributed by atoms with Crippen molar-refractivity contribution in [1.82, 2.24) is 25.3 Å². The summed E-state index contributed by atoms with van der Waals surface area (Å²) in [5.41, 5.74) is 0.903. The van der Waals surface area contributed by atoms with Gasteiger partial charge in [-0.15, -0.1) is 0 Å². The van der Waals surface area contributed by atoms with Gasteiger partial charge in [0.25, 0.3) is 5.91 Å². The van der Waals surface area contributed by atoms with Crippen molar-refractivity contribution in [3.63, 3.8) is 0 Å². The van der Waals surface area contributed by atoms with E-state index in [1.165, 1.54) is 0 Å². The maximum Gasteiger partial charge on any atom is 0.273 e. The molecule has 0 aliphatic heterocycles. The molecule has 0 unspecified atom stereocenters. The van der Waals surface area contributed by atoms with Crippen molar-refractivity contribution < 1.29 is 4.79 Å². The van der Waals surface area contributed by atoms with E-state index in [2.05, 4.69) is 52.5 Å². The summed E-state index contributed by atoms with van der Waals surface area (Å²) in [6.45, 7) is 2.94. The van der Waals surface area contributed by atoms with E-state index in [4.69, 9.17) is 11.6 Å². The van der Waals surface area contributed by atoms with Crippen LogP contribution in [-0.4, -0.2) is 25.9 Å². The smallest absolute Gasteiger partial charge is 0.273 e. The molecule has 0 aromatic carbocycles. The monoisotopic (exact) mass is 409 g/mol. The molecule has 2 rings (SSSR count). The van der Waals surface area contributed by atoms with Crippen molar-refractivity contribution in [2.45, 2.75) is 20.0 Å². The highest BCUT2D eigenvalue weighted by atomic mass is 79.9. The molecule has 0 fully saturated rings.